The number of hydrogen-bond acceptors (Lipinski definition) is 1. The van der Waals surface area contributed by atoms with Crippen LogP contribution in [0.1, 0.15) is 39.0 Å². The van der Waals surface area contributed by atoms with Crippen LogP contribution in [0.5, 0.6) is 0 Å². The van der Waals surface area contributed by atoms with E-state index in [9.17, 15) is 4.79 Å². The van der Waals surface area contributed by atoms with E-state index in [4.69, 9.17) is 23.2 Å². The smallest absolute Gasteiger partial charge is 0.229 e. The minimum atomic E-state index is -0.573. The summed E-state index contributed by atoms with van der Waals surface area (Å²) in [6.07, 6.45) is 2.03. The van der Waals surface area contributed by atoms with Gasteiger partial charge in [-0.3, -0.25) is 4.79 Å². The van der Waals surface area contributed by atoms with Gasteiger partial charge < -0.3 is 9.47 Å². The van der Waals surface area contributed by atoms with Gasteiger partial charge in [-0.05, 0) is 43.5 Å². The van der Waals surface area contributed by atoms with E-state index in [0.717, 1.165) is 16.3 Å². The summed E-state index contributed by atoms with van der Waals surface area (Å²) < 4.78 is 2.15. The van der Waals surface area contributed by atoms with Gasteiger partial charge in [0, 0.05) is 35.9 Å². The molecule has 5 heteroatoms. The summed E-state index contributed by atoms with van der Waals surface area (Å²) in [4.78, 5) is 14.9. The third-order valence-corrected chi connectivity index (χ3v) is 5.40. The molecule has 1 heterocycles. The standard InChI is InChI=1S/C21H28Cl2N2O/c1-16(2)12-25(20(26)21(3,4)15-22)14-18-9-7-11-24(18)13-17-8-5-6-10-19(17)23/h5-11,16H,12-15H2,1-4H3. The molecule has 26 heavy (non-hydrogen) atoms. The fraction of sp³-hybridized carbons (Fsp3) is 0.476. The number of rotatable bonds is 8. The molecule has 2 aromatic rings. The first-order chi connectivity index (χ1) is 12.2. The molecule has 0 saturated heterocycles. The predicted molar refractivity (Wildman–Crippen MR) is 110 cm³/mol. The fourth-order valence-corrected chi connectivity index (χ4v) is 3.21. The van der Waals surface area contributed by atoms with Crippen molar-refractivity contribution in [1.82, 2.24) is 9.47 Å². The van der Waals surface area contributed by atoms with Crippen LogP contribution in [-0.2, 0) is 17.9 Å². The van der Waals surface area contributed by atoms with E-state index in [1.54, 1.807) is 0 Å². The number of benzene rings is 1. The second-order valence-corrected chi connectivity index (χ2v) is 8.49. The average Bonchev–Trinajstić information content (AvgIpc) is 3.02. The lowest BCUT2D eigenvalue weighted by molar-refractivity contribution is -0.140. The predicted octanol–water partition coefficient (Wildman–Crippen LogP) is 5.44. The van der Waals surface area contributed by atoms with Crippen LogP contribution in [0.25, 0.3) is 0 Å². The molecule has 1 aromatic carbocycles. The summed E-state index contributed by atoms with van der Waals surface area (Å²) in [5, 5.41) is 0.755. The van der Waals surface area contributed by atoms with Crippen molar-refractivity contribution in [2.24, 2.45) is 11.3 Å². The number of carbonyl (C=O) groups is 1. The Hall–Kier alpha value is -1.45. The van der Waals surface area contributed by atoms with Crippen LogP contribution in [0.3, 0.4) is 0 Å². The van der Waals surface area contributed by atoms with E-state index < -0.39 is 5.41 Å². The van der Waals surface area contributed by atoms with Crippen LogP contribution in [0.4, 0.5) is 0 Å². The van der Waals surface area contributed by atoms with Crippen molar-refractivity contribution >= 4 is 29.1 Å². The zero-order valence-electron chi connectivity index (χ0n) is 16.0. The minimum absolute atomic E-state index is 0.0895. The maximum absolute atomic E-state index is 13.0. The van der Waals surface area contributed by atoms with Gasteiger partial charge in [-0.2, -0.15) is 0 Å². The maximum atomic E-state index is 13.0. The van der Waals surface area contributed by atoms with E-state index in [1.807, 2.05) is 55.3 Å². The highest BCUT2D eigenvalue weighted by Gasteiger charge is 2.31. The Kier molecular flexibility index (Phi) is 7.19. The lowest BCUT2D eigenvalue weighted by Gasteiger charge is -2.32. The van der Waals surface area contributed by atoms with Crippen molar-refractivity contribution in [2.75, 3.05) is 12.4 Å². The Bertz CT molecular complexity index is 737. The summed E-state index contributed by atoms with van der Waals surface area (Å²) in [5.74, 6) is 0.782. The maximum Gasteiger partial charge on any atom is 0.229 e. The highest BCUT2D eigenvalue weighted by molar-refractivity contribution is 6.31. The van der Waals surface area contributed by atoms with E-state index >= 15 is 0 Å². The monoisotopic (exact) mass is 394 g/mol. The Morgan fingerprint density at radius 3 is 2.50 bits per heavy atom. The molecule has 1 amide bonds. The quantitative estimate of drug-likeness (QED) is 0.547. The highest BCUT2D eigenvalue weighted by Crippen LogP contribution is 2.24. The summed E-state index contributed by atoms with van der Waals surface area (Å²) in [6, 6.07) is 11.9. The van der Waals surface area contributed by atoms with Crippen LogP contribution >= 0.6 is 23.2 Å². The largest absolute Gasteiger partial charge is 0.345 e. The molecule has 0 aliphatic carbocycles. The summed E-state index contributed by atoms with van der Waals surface area (Å²) in [7, 11) is 0. The Morgan fingerprint density at radius 2 is 1.88 bits per heavy atom. The molecule has 0 saturated carbocycles. The molecule has 0 spiro atoms. The molecule has 0 aliphatic heterocycles. The van der Waals surface area contributed by atoms with Gasteiger partial charge in [0.2, 0.25) is 5.91 Å². The van der Waals surface area contributed by atoms with Crippen molar-refractivity contribution in [3.63, 3.8) is 0 Å². The second kappa shape index (κ2) is 8.96. The molecule has 0 unspecified atom stereocenters. The van der Waals surface area contributed by atoms with Crippen molar-refractivity contribution in [1.29, 1.82) is 0 Å². The third-order valence-electron chi connectivity index (χ3n) is 4.36. The Morgan fingerprint density at radius 1 is 1.19 bits per heavy atom. The van der Waals surface area contributed by atoms with Gasteiger partial charge in [-0.25, -0.2) is 0 Å². The number of halogens is 2. The SMILES string of the molecule is CC(C)CN(Cc1cccn1Cc1ccccc1Cl)C(=O)C(C)(C)CCl. The second-order valence-electron chi connectivity index (χ2n) is 7.82. The van der Waals surface area contributed by atoms with Crippen LogP contribution in [0.15, 0.2) is 42.6 Å². The van der Waals surface area contributed by atoms with Crippen molar-refractivity contribution in [2.45, 2.75) is 40.8 Å². The van der Waals surface area contributed by atoms with Crippen LogP contribution in [0, 0.1) is 11.3 Å². The van der Waals surface area contributed by atoms with Gasteiger partial charge in [-0.1, -0.05) is 43.6 Å². The third kappa shape index (κ3) is 5.28. The molecule has 142 valence electrons. The van der Waals surface area contributed by atoms with Crippen molar-refractivity contribution in [3.8, 4) is 0 Å². The first-order valence-electron chi connectivity index (χ1n) is 8.97. The molecule has 2 rings (SSSR count). The highest BCUT2D eigenvalue weighted by atomic mass is 35.5. The van der Waals surface area contributed by atoms with E-state index in [1.165, 1.54) is 0 Å². The van der Waals surface area contributed by atoms with E-state index in [0.29, 0.717) is 31.4 Å². The summed E-state index contributed by atoms with van der Waals surface area (Å²) >= 11 is 12.3. The number of nitrogens with zero attached hydrogens (tertiary/aromatic N) is 2. The Labute approximate surface area is 166 Å². The zero-order valence-corrected chi connectivity index (χ0v) is 17.5. The first kappa shape index (κ1) is 20.9. The van der Waals surface area contributed by atoms with E-state index in [-0.39, 0.29) is 5.91 Å². The molecule has 0 fully saturated rings. The van der Waals surface area contributed by atoms with Crippen LogP contribution in [-0.4, -0.2) is 27.8 Å². The minimum Gasteiger partial charge on any atom is -0.345 e. The lowest BCUT2D eigenvalue weighted by Crippen LogP contribution is -2.43. The molecule has 3 nitrogen and oxygen atoms in total. The summed E-state index contributed by atoms with van der Waals surface area (Å²) in [5.41, 5.74) is 1.58. The topological polar surface area (TPSA) is 25.2 Å². The van der Waals surface area contributed by atoms with Crippen molar-refractivity contribution < 1.29 is 4.79 Å². The van der Waals surface area contributed by atoms with Crippen LogP contribution < -0.4 is 0 Å². The van der Waals surface area contributed by atoms with Gasteiger partial charge in [0.1, 0.15) is 0 Å². The Balaban J connectivity index is 2.23. The average molecular weight is 395 g/mol. The van der Waals surface area contributed by atoms with Gasteiger partial charge in [0.05, 0.1) is 12.0 Å². The molecular formula is C21H28Cl2N2O. The molecule has 0 N–H and O–H groups in total. The first-order valence-corrected chi connectivity index (χ1v) is 9.88. The molecule has 0 radical (unpaired) electrons. The van der Waals surface area contributed by atoms with E-state index in [2.05, 4.69) is 24.5 Å². The van der Waals surface area contributed by atoms with Crippen molar-refractivity contribution in [3.05, 3.63) is 58.9 Å². The molecular weight excluding hydrogens is 367 g/mol. The summed E-state index contributed by atoms with van der Waals surface area (Å²) in [6.45, 7) is 10.0. The zero-order chi connectivity index (χ0) is 19.3. The van der Waals surface area contributed by atoms with Gasteiger partial charge in [0.25, 0.3) is 0 Å². The van der Waals surface area contributed by atoms with Crippen LogP contribution in [0.2, 0.25) is 5.02 Å². The lowest BCUT2D eigenvalue weighted by atomic mass is 9.93. The van der Waals surface area contributed by atoms with Gasteiger partial charge in [0.15, 0.2) is 0 Å². The normalized spacial score (nSPS) is 11.8. The number of amides is 1. The number of alkyl halides is 1. The fourth-order valence-electron chi connectivity index (χ4n) is 2.90. The number of carbonyl (C=O) groups excluding carboxylic acids is 1. The molecule has 0 atom stereocenters. The molecule has 1 aromatic heterocycles. The van der Waals surface area contributed by atoms with Gasteiger partial charge in [-0.15, -0.1) is 11.6 Å². The number of hydrogen-bond donors (Lipinski definition) is 0. The molecule has 0 aliphatic rings. The van der Waals surface area contributed by atoms with Gasteiger partial charge >= 0.3 is 0 Å². The number of aromatic nitrogens is 1. The molecule has 0 bridgehead atoms.